The van der Waals surface area contributed by atoms with E-state index in [0.29, 0.717) is 6.04 Å². The fourth-order valence-corrected chi connectivity index (χ4v) is 1.74. The Balaban J connectivity index is 1.85. The summed E-state index contributed by atoms with van der Waals surface area (Å²) in [5.41, 5.74) is 1.21. The first kappa shape index (κ1) is 11.0. The second kappa shape index (κ2) is 5.53. The third kappa shape index (κ3) is 2.98. The molecule has 2 rings (SSSR count). The SMILES string of the molecule is N#CCOc1cccc(CNC2CCC2)c1. The maximum atomic E-state index is 8.43. The molecule has 1 aromatic rings. The molecular formula is C13H16N2O. The van der Waals surface area contributed by atoms with Gasteiger partial charge in [0.25, 0.3) is 0 Å². The van der Waals surface area contributed by atoms with E-state index in [1.54, 1.807) is 0 Å². The summed E-state index contributed by atoms with van der Waals surface area (Å²) in [6, 6.07) is 10.6. The van der Waals surface area contributed by atoms with Gasteiger partial charge in [0.1, 0.15) is 11.8 Å². The molecule has 1 fully saturated rings. The minimum Gasteiger partial charge on any atom is -0.479 e. The number of ether oxygens (including phenoxy) is 1. The Morgan fingerprint density at radius 1 is 1.44 bits per heavy atom. The molecule has 0 radical (unpaired) electrons. The van der Waals surface area contributed by atoms with Gasteiger partial charge in [0.15, 0.2) is 6.61 Å². The average Bonchev–Trinajstić information content (AvgIpc) is 2.25. The first-order chi connectivity index (χ1) is 7.88. The second-order valence-corrected chi connectivity index (χ2v) is 4.10. The van der Waals surface area contributed by atoms with E-state index in [2.05, 4.69) is 11.4 Å². The Kier molecular flexibility index (Phi) is 3.79. The molecule has 3 nitrogen and oxygen atoms in total. The van der Waals surface area contributed by atoms with Crippen LogP contribution in [0.4, 0.5) is 0 Å². The summed E-state index contributed by atoms with van der Waals surface area (Å²) in [5.74, 6) is 0.773. The van der Waals surface area contributed by atoms with Crippen molar-refractivity contribution < 1.29 is 4.74 Å². The van der Waals surface area contributed by atoms with Crippen molar-refractivity contribution in [3.05, 3.63) is 29.8 Å². The summed E-state index contributed by atoms with van der Waals surface area (Å²) < 4.78 is 5.25. The third-order valence-corrected chi connectivity index (χ3v) is 2.90. The summed E-state index contributed by atoms with van der Waals surface area (Å²) in [6.07, 6.45) is 3.94. The van der Waals surface area contributed by atoms with E-state index in [1.165, 1.54) is 24.8 Å². The summed E-state index contributed by atoms with van der Waals surface area (Å²) in [6.45, 7) is 0.994. The van der Waals surface area contributed by atoms with Gasteiger partial charge in [0.2, 0.25) is 0 Å². The lowest BCUT2D eigenvalue weighted by Gasteiger charge is -2.26. The Morgan fingerprint density at radius 2 is 2.31 bits per heavy atom. The fraction of sp³-hybridized carbons (Fsp3) is 0.462. The van der Waals surface area contributed by atoms with Crippen molar-refractivity contribution in [2.24, 2.45) is 0 Å². The van der Waals surface area contributed by atoms with Crippen LogP contribution < -0.4 is 10.1 Å². The normalized spacial score (nSPS) is 15.2. The number of rotatable bonds is 5. The van der Waals surface area contributed by atoms with E-state index in [9.17, 15) is 0 Å². The predicted molar refractivity (Wildman–Crippen MR) is 62.0 cm³/mol. The van der Waals surface area contributed by atoms with E-state index in [1.807, 2.05) is 24.3 Å². The minimum absolute atomic E-state index is 0.111. The van der Waals surface area contributed by atoms with Crippen LogP contribution >= 0.6 is 0 Å². The fourth-order valence-electron chi connectivity index (χ4n) is 1.74. The second-order valence-electron chi connectivity index (χ2n) is 4.10. The van der Waals surface area contributed by atoms with Crippen molar-refractivity contribution in [1.82, 2.24) is 5.32 Å². The van der Waals surface area contributed by atoms with E-state index in [-0.39, 0.29) is 6.61 Å². The molecule has 1 aliphatic carbocycles. The number of hydrogen-bond acceptors (Lipinski definition) is 3. The Morgan fingerprint density at radius 3 is 3.00 bits per heavy atom. The average molecular weight is 216 g/mol. The summed E-state index contributed by atoms with van der Waals surface area (Å²) >= 11 is 0. The van der Waals surface area contributed by atoms with Crippen molar-refractivity contribution in [2.45, 2.75) is 31.8 Å². The Bertz CT molecular complexity index is 380. The van der Waals surface area contributed by atoms with Gasteiger partial charge >= 0.3 is 0 Å². The first-order valence-electron chi connectivity index (χ1n) is 5.70. The molecular weight excluding hydrogens is 200 g/mol. The van der Waals surface area contributed by atoms with Crippen LogP contribution in [0.15, 0.2) is 24.3 Å². The lowest BCUT2D eigenvalue weighted by Crippen LogP contribution is -2.34. The molecule has 0 unspecified atom stereocenters. The van der Waals surface area contributed by atoms with Gasteiger partial charge < -0.3 is 10.1 Å². The zero-order valence-electron chi connectivity index (χ0n) is 9.28. The molecule has 0 aromatic heterocycles. The lowest BCUT2D eigenvalue weighted by molar-refractivity contribution is 0.337. The van der Waals surface area contributed by atoms with E-state index in [4.69, 9.17) is 10.00 Å². The zero-order valence-corrected chi connectivity index (χ0v) is 9.28. The van der Waals surface area contributed by atoms with Gasteiger partial charge in [-0.2, -0.15) is 5.26 Å². The number of hydrogen-bond donors (Lipinski definition) is 1. The van der Waals surface area contributed by atoms with Gasteiger partial charge in [-0.15, -0.1) is 0 Å². The van der Waals surface area contributed by atoms with Gasteiger partial charge in [0, 0.05) is 12.6 Å². The summed E-state index contributed by atoms with van der Waals surface area (Å²) in [5, 5.41) is 11.9. The minimum atomic E-state index is 0.111. The number of benzene rings is 1. The molecule has 0 aliphatic heterocycles. The molecule has 0 amide bonds. The smallest absolute Gasteiger partial charge is 0.174 e. The van der Waals surface area contributed by atoms with Crippen LogP contribution in [0, 0.1) is 11.3 Å². The molecule has 1 saturated carbocycles. The quantitative estimate of drug-likeness (QED) is 0.821. The van der Waals surface area contributed by atoms with Crippen LogP contribution in [0.5, 0.6) is 5.75 Å². The zero-order chi connectivity index (χ0) is 11.2. The molecule has 1 aliphatic rings. The topological polar surface area (TPSA) is 45.0 Å². The first-order valence-corrected chi connectivity index (χ1v) is 5.70. The van der Waals surface area contributed by atoms with Crippen LogP contribution in [0.2, 0.25) is 0 Å². The van der Waals surface area contributed by atoms with E-state index < -0.39 is 0 Å². The van der Waals surface area contributed by atoms with Gasteiger partial charge in [-0.25, -0.2) is 0 Å². The molecule has 16 heavy (non-hydrogen) atoms. The van der Waals surface area contributed by atoms with Crippen LogP contribution in [0.3, 0.4) is 0 Å². The van der Waals surface area contributed by atoms with Gasteiger partial charge in [-0.3, -0.25) is 0 Å². The highest BCUT2D eigenvalue weighted by Gasteiger charge is 2.15. The van der Waals surface area contributed by atoms with Crippen LogP contribution in [-0.2, 0) is 6.54 Å². The summed E-state index contributed by atoms with van der Waals surface area (Å²) in [7, 11) is 0. The molecule has 0 spiro atoms. The number of nitriles is 1. The van der Waals surface area contributed by atoms with Crippen molar-refractivity contribution >= 4 is 0 Å². The van der Waals surface area contributed by atoms with Gasteiger partial charge in [-0.05, 0) is 30.5 Å². The maximum absolute atomic E-state index is 8.43. The molecule has 1 aromatic carbocycles. The molecule has 3 heteroatoms. The van der Waals surface area contributed by atoms with Crippen LogP contribution in [0.1, 0.15) is 24.8 Å². The highest BCUT2D eigenvalue weighted by molar-refractivity contribution is 5.28. The molecule has 84 valence electrons. The molecule has 1 N–H and O–H groups in total. The molecule has 0 bridgehead atoms. The number of nitrogens with zero attached hydrogens (tertiary/aromatic N) is 1. The highest BCUT2D eigenvalue weighted by atomic mass is 16.5. The third-order valence-electron chi connectivity index (χ3n) is 2.90. The predicted octanol–water partition coefficient (Wildman–Crippen LogP) is 2.23. The van der Waals surface area contributed by atoms with Crippen LogP contribution in [0.25, 0.3) is 0 Å². The molecule has 0 saturated heterocycles. The highest BCUT2D eigenvalue weighted by Crippen LogP contribution is 2.19. The van der Waals surface area contributed by atoms with Crippen LogP contribution in [-0.4, -0.2) is 12.6 Å². The van der Waals surface area contributed by atoms with Gasteiger partial charge in [0.05, 0.1) is 0 Å². The maximum Gasteiger partial charge on any atom is 0.174 e. The standard InChI is InChI=1S/C13H16N2O/c14-7-8-16-13-6-1-3-11(9-13)10-15-12-4-2-5-12/h1,3,6,9,12,15H,2,4-5,8,10H2. The summed E-state index contributed by atoms with van der Waals surface area (Å²) in [4.78, 5) is 0. The lowest BCUT2D eigenvalue weighted by atomic mass is 9.93. The largest absolute Gasteiger partial charge is 0.479 e. The Hall–Kier alpha value is -1.53. The molecule has 0 atom stereocenters. The van der Waals surface area contributed by atoms with Crippen molar-refractivity contribution in [3.63, 3.8) is 0 Å². The van der Waals surface area contributed by atoms with E-state index in [0.717, 1.165) is 12.3 Å². The van der Waals surface area contributed by atoms with Crippen molar-refractivity contribution in [3.8, 4) is 11.8 Å². The van der Waals surface area contributed by atoms with Crippen molar-refractivity contribution in [1.29, 1.82) is 5.26 Å². The van der Waals surface area contributed by atoms with Crippen molar-refractivity contribution in [2.75, 3.05) is 6.61 Å². The van der Waals surface area contributed by atoms with E-state index >= 15 is 0 Å². The number of nitrogens with one attached hydrogen (secondary N) is 1. The monoisotopic (exact) mass is 216 g/mol. The molecule has 0 heterocycles. The Labute approximate surface area is 96.0 Å². The van der Waals surface area contributed by atoms with Gasteiger partial charge in [-0.1, -0.05) is 18.6 Å².